The fourth-order valence-electron chi connectivity index (χ4n) is 2.33. The third-order valence-electron chi connectivity index (χ3n) is 3.51. The first-order valence-corrected chi connectivity index (χ1v) is 7.30. The van der Waals surface area contributed by atoms with Gasteiger partial charge in [0.2, 0.25) is 0 Å². The van der Waals surface area contributed by atoms with Crippen molar-refractivity contribution in [3.05, 3.63) is 36.2 Å². The molecule has 108 valence electrons. The van der Waals surface area contributed by atoms with Crippen molar-refractivity contribution < 1.29 is 0 Å². The predicted octanol–water partition coefficient (Wildman–Crippen LogP) is 2.89. The lowest BCUT2D eigenvalue weighted by Gasteiger charge is -2.20. The molecule has 0 saturated heterocycles. The van der Waals surface area contributed by atoms with Crippen LogP contribution < -0.4 is 5.32 Å². The lowest BCUT2D eigenvalue weighted by Crippen LogP contribution is -2.28. The van der Waals surface area contributed by atoms with Crippen molar-refractivity contribution in [3.63, 3.8) is 0 Å². The quantitative estimate of drug-likeness (QED) is 0.842. The van der Waals surface area contributed by atoms with Gasteiger partial charge in [-0.25, -0.2) is 4.68 Å². The molecule has 0 aliphatic rings. The predicted molar refractivity (Wildman–Crippen MR) is 79.7 cm³/mol. The van der Waals surface area contributed by atoms with Crippen LogP contribution in [0.3, 0.4) is 0 Å². The van der Waals surface area contributed by atoms with E-state index in [1.54, 1.807) is 11.0 Å². The first-order chi connectivity index (χ1) is 9.70. The second-order valence-electron chi connectivity index (χ2n) is 5.28. The van der Waals surface area contributed by atoms with Gasteiger partial charge in [-0.2, -0.15) is 0 Å². The Balaban J connectivity index is 2.03. The van der Waals surface area contributed by atoms with E-state index in [1.165, 1.54) is 24.8 Å². The van der Waals surface area contributed by atoms with Gasteiger partial charge in [0.25, 0.3) is 0 Å². The highest BCUT2D eigenvalue weighted by Gasteiger charge is 2.10. The first-order valence-electron chi connectivity index (χ1n) is 7.30. The molecular formula is C15H23N5. The number of nitrogens with one attached hydrogen (secondary N) is 1. The highest BCUT2D eigenvalue weighted by molar-refractivity contribution is 5.35. The van der Waals surface area contributed by atoms with Gasteiger partial charge < -0.3 is 5.32 Å². The minimum atomic E-state index is 0.318. The molecule has 0 amide bonds. The molecule has 0 spiro atoms. The molecule has 0 aliphatic carbocycles. The van der Waals surface area contributed by atoms with Crippen molar-refractivity contribution in [2.24, 2.45) is 0 Å². The largest absolute Gasteiger partial charge is 0.308 e. The average molecular weight is 273 g/mol. The van der Waals surface area contributed by atoms with Crippen molar-refractivity contribution in [1.29, 1.82) is 0 Å². The summed E-state index contributed by atoms with van der Waals surface area (Å²) < 4.78 is 1.68. The number of unbranched alkanes of at least 4 members (excludes halogenated alkanes) is 1. The topological polar surface area (TPSA) is 55.6 Å². The van der Waals surface area contributed by atoms with E-state index in [0.29, 0.717) is 12.1 Å². The van der Waals surface area contributed by atoms with Crippen LogP contribution in [0.2, 0.25) is 0 Å². The maximum absolute atomic E-state index is 3.92. The Morgan fingerprint density at radius 1 is 1.30 bits per heavy atom. The molecule has 0 saturated carbocycles. The molecular weight excluding hydrogens is 250 g/mol. The normalized spacial score (nSPS) is 14.2. The van der Waals surface area contributed by atoms with Gasteiger partial charge in [-0.15, -0.1) is 5.10 Å². The van der Waals surface area contributed by atoms with Crippen LogP contribution in [-0.4, -0.2) is 26.2 Å². The number of hydrogen-bond donors (Lipinski definition) is 1. The van der Waals surface area contributed by atoms with Crippen LogP contribution in [-0.2, 0) is 0 Å². The van der Waals surface area contributed by atoms with Crippen LogP contribution in [0.25, 0.3) is 5.69 Å². The molecule has 2 aromatic rings. The smallest absolute Gasteiger partial charge is 0.143 e. The van der Waals surface area contributed by atoms with Crippen molar-refractivity contribution in [2.45, 2.75) is 52.1 Å². The summed E-state index contributed by atoms with van der Waals surface area (Å²) >= 11 is 0. The fraction of sp³-hybridized carbons (Fsp3) is 0.533. The zero-order valence-electron chi connectivity index (χ0n) is 12.5. The fourth-order valence-corrected chi connectivity index (χ4v) is 2.33. The minimum Gasteiger partial charge on any atom is -0.308 e. The molecule has 1 aromatic heterocycles. The third-order valence-corrected chi connectivity index (χ3v) is 3.51. The van der Waals surface area contributed by atoms with Crippen LogP contribution in [0.4, 0.5) is 0 Å². The van der Waals surface area contributed by atoms with E-state index in [-0.39, 0.29) is 0 Å². The number of hydrogen-bond acceptors (Lipinski definition) is 4. The molecule has 20 heavy (non-hydrogen) atoms. The Labute approximate surface area is 120 Å². The van der Waals surface area contributed by atoms with Crippen molar-refractivity contribution >= 4 is 0 Å². The monoisotopic (exact) mass is 273 g/mol. The van der Waals surface area contributed by atoms with Gasteiger partial charge in [0.15, 0.2) is 0 Å². The van der Waals surface area contributed by atoms with E-state index in [9.17, 15) is 0 Å². The van der Waals surface area contributed by atoms with Gasteiger partial charge in [0, 0.05) is 12.1 Å². The standard InChI is InChI=1S/C15H23N5/c1-4-5-7-12(2)17-13(3)14-8-6-9-15(10-14)20-11-16-18-19-20/h6,8-13,17H,4-5,7H2,1-3H3. The lowest BCUT2D eigenvalue weighted by atomic mass is 10.1. The molecule has 1 N–H and O–H groups in total. The molecule has 5 heteroatoms. The third kappa shape index (κ3) is 3.87. The Morgan fingerprint density at radius 2 is 2.15 bits per heavy atom. The number of rotatable bonds is 7. The summed E-state index contributed by atoms with van der Waals surface area (Å²) in [6.45, 7) is 6.67. The van der Waals surface area contributed by atoms with Crippen molar-refractivity contribution in [3.8, 4) is 5.69 Å². The van der Waals surface area contributed by atoms with E-state index in [4.69, 9.17) is 0 Å². The maximum Gasteiger partial charge on any atom is 0.143 e. The molecule has 0 fully saturated rings. The van der Waals surface area contributed by atoms with Crippen molar-refractivity contribution in [1.82, 2.24) is 25.5 Å². The van der Waals surface area contributed by atoms with Crippen LogP contribution in [0.5, 0.6) is 0 Å². The van der Waals surface area contributed by atoms with Gasteiger partial charge in [-0.3, -0.25) is 0 Å². The zero-order chi connectivity index (χ0) is 14.4. The van der Waals surface area contributed by atoms with E-state index < -0.39 is 0 Å². The van der Waals surface area contributed by atoms with E-state index in [1.807, 2.05) is 12.1 Å². The average Bonchev–Trinajstić information content (AvgIpc) is 2.99. The number of aromatic nitrogens is 4. The summed E-state index contributed by atoms with van der Waals surface area (Å²) in [7, 11) is 0. The Kier molecular flexibility index (Phi) is 5.24. The second kappa shape index (κ2) is 7.14. The maximum atomic E-state index is 3.92. The van der Waals surface area contributed by atoms with E-state index >= 15 is 0 Å². The zero-order valence-corrected chi connectivity index (χ0v) is 12.5. The molecule has 2 rings (SSSR count). The SMILES string of the molecule is CCCCC(C)NC(C)c1cccc(-n2cnnn2)c1. The Hall–Kier alpha value is -1.75. The van der Waals surface area contributed by atoms with Crippen molar-refractivity contribution in [2.75, 3.05) is 0 Å². The molecule has 2 atom stereocenters. The summed E-state index contributed by atoms with van der Waals surface area (Å²) in [5.41, 5.74) is 2.24. The molecule has 0 bridgehead atoms. The molecule has 0 aliphatic heterocycles. The number of tetrazole rings is 1. The van der Waals surface area contributed by atoms with Gasteiger partial charge in [-0.1, -0.05) is 31.9 Å². The summed E-state index contributed by atoms with van der Waals surface area (Å²) in [5.74, 6) is 0. The van der Waals surface area contributed by atoms with Crippen LogP contribution in [0, 0.1) is 0 Å². The van der Waals surface area contributed by atoms with Gasteiger partial charge in [0.05, 0.1) is 5.69 Å². The number of benzene rings is 1. The second-order valence-corrected chi connectivity index (χ2v) is 5.28. The lowest BCUT2D eigenvalue weighted by molar-refractivity contribution is 0.444. The molecule has 5 nitrogen and oxygen atoms in total. The van der Waals surface area contributed by atoms with E-state index in [2.05, 4.69) is 53.7 Å². The molecule has 1 aromatic carbocycles. The summed E-state index contributed by atoms with van der Waals surface area (Å²) in [6, 6.07) is 9.16. The summed E-state index contributed by atoms with van der Waals surface area (Å²) in [4.78, 5) is 0. The number of nitrogens with zero attached hydrogens (tertiary/aromatic N) is 4. The Morgan fingerprint density at radius 3 is 2.85 bits per heavy atom. The highest BCUT2D eigenvalue weighted by atomic mass is 15.5. The van der Waals surface area contributed by atoms with Gasteiger partial charge >= 0.3 is 0 Å². The van der Waals surface area contributed by atoms with Crippen LogP contribution >= 0.6 is 0 Å². The minimum absolute atomic E-state index is 0.318. The first kappa shape index (κ1) is 14.7. The molecule has 1 heterocycles. The molecule has 2 unspecified atom stereocenters. The van der Waals surface area contributed by atoms with Gasteiger partial charge in [-0.05, 0) is 48.4 Å². The van der Waals surface area contributed by atoms with Crippen LogP contribution in [0.1, 0.15) is 51.6 Å². The van der Waals surface area contributed by atoms with E-state index in [0.717, 1.165) is 5.69 Å². The molecule has 0 radical (unpaired) electrons. The Bertz CT molecular complexity index is 509. The summed E-state index contributed by atoms with van der Waals surface area (Å²) in [5, 5.41) is 14.9. The highest BCUT2D eigenvalue weighted by Crippen LogP contribution is 2.17. The van der Waals surface area contributed by atoms with Gasteiger partial charge in [0.1, 0.15) is 6.33 Å². The van der Waals surface area contributed by atoms with Crippen LogP contribution in [0.15, 0.2) is 30.6 Å². The summed E-state index contributed by atoms with van der Waals surface area (Å²) in [6.07, 6.45) is 5.34.